The van der Waals surface area contributed by atoms with Crippen molar-refractivity contribution in [3.63, 3.8) is 0 Å². The van der Waals surface area contributed by atoms with Crippen molar-refractivity contribution in [2.24, 2.45) is 0 Å². The van der Waals surface area contributed by atoms with Crippen LogP contribution in [0.3, 0.4) is 0 Å². The number of nitrogens with zero attached hydrogens (tertiary/aromatic N) is 2. The summed E-state index contributed by atoms with van der Waals surface area (Å²) in [5.41, 5.74) is 2.78. The second-order valence-corrected chi connectivity index (χ2v) is 7.82. The van der Waals surface area contributed by atoms with Crippen molar-refractivity contribution in [3.8, 4) is 5.75 Å². The number of aldehydes is 2. The van der Waals surface area contributed by atoms with Gasteiger partial charge in [-0.1, -0.05) is 12.1 Å². The maximum atomic E-state index is 13.2. The summed E-state index contributed by atoms with van der Waals surface area (Å²) in [5, 5.41) is 0. The van der Waals surface area contributed by atoms with Crippen molar-refractivity contribution in [2.45, 2.75) is 39.4 Å². The van der Waals surface area contributed by atoms with E-state index in [2.05, 4.69) is 5.94 Å². The largest absolute Gasteiger partial charge is 0.477 e. The molecule has 1 heterocycles. The molecule has 6 nitrogen and oxygen atoms in total. The molecule has 0 amide bonds. The minimum atomic E-state index is -0.307. The first-order valence-corrected chi connectivity index (χ1v) is 10.1. The van der Waals surface area contributed by atoms with Crippen LogP contribution in [0.2, 0.25) is 0 Å². The van der Waals surface area contributed by atoms with E-state index < -0.39 is 0 Å². The maximum absolute atomic E-state index is 13.2. The summed E-state index contributed by atoms with van der Waals surface area (Å²) < 4.78 is 19.1. The number of hydrogen-bond donors (Lipinski definition) is 0. The van der Waals surface area contributed by atoms with Crippen LogP contribution in [0.4, 0.5) is 4.39 Å². The molecule has 2 aromatic rings. The lowest BCUT2D eigenvalue weighted by molar-refractivity contribution is 0.0281. The van der Waals surface area contributed by atoms with E-state index in [0.717, 1.165) is 11.1 Å². The fraction of sp³-hybridized carbons (Fsp3) is 0.333. The van der Waals surface area contributed by atoms with Crippen molar-refractivity contribution < 1.29 is 23.5 Å². The van der Waals surface area contributed by atoms with Gasteiger partial charge in [-0.05, 0) is 56.2 Å². The van der Waals surface area contributed by atoms with Gasteiger partial charge in [-0.3, -0.25) is 14.5 Å². The van der Waals surface area contributed by atoms with Crippen molar-refractivity contribution >= 4 is 18.5 Å². The third-order valence-corrected chi connectivity index (χ3v) is 5.57. The van der Waals surface area contributed by atoms with Gasteiger partial charge in [0.25, 0.3) is 0 Å². The monoisotopic (exact) mass is 424 g/mol. The minimum absolute atomic E-state index is 0.0320. The van der Waals surface area contributed by atoms with Crippen LogP contribution in [0, 0.1) is 12.7 Å². The van der Waals surface area contributed by atoms with Gasteiger partial charge in [0.1, 0.15) is 29.9 Å². The standard InChI is InChI=1S/C24H25FN2O4/c1-16-8-20(12-28)24(21(9-16)13-29)31-15-26-10-17(2)27(23(14-30)18(26)3)11-19-4-6-22(25)7-5-19/h4-9,12-13,17-18H,10-11,15H2,1-3H3/t17-,18+/m1/s1. The van der Waals surface area contributed by atoms with Crippen LogP contribution in [0.1, 0.15) is 45.7 Å². The number of carbonyl (C=O) groups is 2. The van der Waals surface area contributed by atoms with Gasteiger partial charge in [0.15, 0.2) is 12.6 Å². The molecule has 0 radical (unpaired) electrons. The summed E-state index contributed by atoms with van der Waals surface area (Å²) in [4.78, 5) is 38.6. The van der Waals surface area contributed by atoms with E-state index >= 15 is 0 Å². The van der Waals surface area contributed by atoms with Crippen molar-refractivity contribution in [1.29, 1.82) is 0 Å². The summed E-state index contributed by atoms with van der Waals surface area (Å²) in [6, 6.07) is 9.20. The van der Waals surface area contributed by atoms with E-state index in [1.165, 1.54) is 12.1 Å². The second-order valence-electron chi connectivity index (χ2n) is 7.82. The summed E-state index contributed by atoms with van der Waals surface area (Å²) in [6.45, 7) is 6.82. The number of piperazine rings is 1. The van der Waals surface area contributed by atoms with Gasteiger partial charge < -0.3 is 9.64 Å². The Balaban J connectivity index is 1.77. The fourth-order valence-electron chi connectivity index (χ4n) is 3.90. The van der Waals surface area contributed by atoms with Crippen LogP contribution in [0.25, 0.3) is 0 Å². The Hall–Kier alpha value is -3.28. The molecule has 1 aliphatic heterocycles. The van der Waals surface area contributed by atoms with Crippen LogP contribution in [0.15, 0.2) is 42.1 Å². The molecule has 2 atom stereocenters. The molecule has 31 heavy (non-hydrogen) atoms. The highest BCUT2D eigenvalue weighted by molar-refractivity contribution is 5.89. The summed E-state index contributed by atoms with van der Waals surface area (Å²) in [6.07, 6.45) is 1.33. The third kappa shape index (κ3) is 4.90. The maximum Gasteiger partial charge on any atom is 0.153 e. The highest BCUT2D eigenvalue weighted by Crippen LogP contribution is 2.28. The zero-order valence-corrected chi connectivity index (χ0v) is 17.8. The Kier molecular flexibility index (Phi) is 7.00. The lowest BCUT2D eigenvalue weighted by Gasteiger charge is -2.45. The molecule has 2 aromatic carbocycles. The summed E-state index contributed by atoms with van der Waals surface area (Å²) in [7, 11) is 0. The first-order chi connectivity index (χ1) is 14.9. The molecular weight excluding hydrogens is 399 g/mol. The molecule has 1 aliphatic rings. The topological polar surface area (TPSA) is 66.9 Å². The SMILES string of the molecule is Cc1cc(C=O)c(OCN2C[C@@H](C)N(Cc3ccc(F)cc3)C(=C=O)[C@@H]2C)c(C=O)c1. The Bertz CT molecular complexity index is 986. The van der Waals surface area contributed by atoms with E-state index in [0.29, 0.717) is 42.5 Å². The van der Waals surface area contributed by atoms with E-state index in [1.807, 2.05) is 23.6 Å². The quantitative estimate of drug-likeness (QED) is 0.501. The van der Waals surface area contributed by atoms with Gasteiger partial charge in [-0.15, -0.1) is 0 Å². The Morgan fingerprint density at radius 3 is 2.29 bits per heavy atom. The number of aryl methyl sites for hydroxylation is 1. The first-order valence-electron chi connectivity index (χ1n) is 10.1. The Morgan fingerprint density at radius 1 is 1.13 bits per heavy atom. The molecule has 1 saturated heterocycles. The average molecular weight is 424 g/mol. The molecule has 0 N–H and O–H groups in total. The first kappa shape index (κ1) is 22.4. The second kappa shape index (κ2) is 9.69. The van der Waals surface area contributed by atoms with Gasteiger partial charge in [0, 0.05) is 19.1 Å². The zero-order valence-electron chi connectivity index (χ0n) is 17.8. The van der Waals surface area contributed by atoms with Crippen LogP contribution < -0.4 is 4.74 Å². The van der Waals surface area contributed by atoms with E-state index in [1.54, 1.807) is 31.2 Å². The normalized spacial score (nSPS) is 19.1. The Morgan fingerprint density at radius 2 is 1.74 bits per heavy atom. The molecule has 1 fully saturated rings. The number of carbonyl (C=O) groups excluding carboxylic acids is 3. The molecule has 0 spiro atoms. The number of ether oxygens (including phenoxy) is 1. The Labute approximate surface area is 180 Å². The minimum Gasteiger partial charge on any atom is -0.477 e. The number of hydrogen-bond acceptors (Lipinski definition) is 6. The van der Waals surface area contributed by atoms with Crippen LogP contribution in [0.5, 0.6) is 5.75 Å². The highest BCUT2D eigenvalue weighted by Gasteiger charge is 2.34. The summed E-state index contributed by atoms with van der Waals surface area (Å²) in [5.74, 6) is 1.99. The molecule has 0 bridgehead atoms. The van der Waals surface area contributed by atoms with E-state index in [9.17, 15) is 18.8 Å². The van der Waals surface area contributed by atoms with Crippen molar-refractivity contribution in [3.05, 3.63) is 70.2 Å². The molecule has 3 rings (SSSR count). The van der Waals surface area contributed by atoms with Crippen LogP contribution in [-0.2, 0) is 11.3 Å². The smallest absolute Gasteiger partial charge is 0.153 e. The number of benzene rings is 2. The fourth-order valence-corrected chi connectivity index (χ4v) is 3.90. The highest BCUT2D eigenvalue weighted by atomic mass is 19.1. The number of halogens is 1. The molecule has 0 saturated carbocycles. The molecular formula is C24H25FN2O4. The molecule has 0 aromatic heterocycles. The molecule has 162 valence electrons. The predicted molar refractivity (Wildman–Crippen MR) is 114 cm³/mol. The molecule has 0 unspecified atom stereocenters. The molecule has 0 aliphatic carbocycles. The van der Waals surface area contributed by atoms with Gasteiger partial charge in [0.2, 0.25) is 0 Å². The molecule has 7 heteroatoms. The van der Waals surface area contributed by atoms with Gasteiger partial charge in [-0.25, -0.2) is 9.18 Å². The van der Waals surface area contributed by atoms with E-state index in [4.69, 9.17) is 4.74 Å². The zero-order chi connectivity index (χ0) is 22.5. The third-order valence-electron chi connectivity index (χ3n) is 5.57. The van der Waals surface area contributed by atoms with Gasteiger partial charge in [0.05, 0.1) is 17.2 Å². The van der Waals surface area contributed by atoms with Gasteiger partial charge in [-0.2, -0.15) is 0 Å². The van der Waals surface area contributed by atoms with Crippen LogP contribution >= 0.6 is 0 Å². The van der Waals surface area contributed by atoms with E-state index in [-0.39, 0.29) is 30.4 Å². The average Bonchev–Trinajstić information content (AvgIpc) is 2.76. The number of rotatable bonds is 7. The van der Waals surface area contributed by atoms with Crippen LogP contribution in [-0.4, -0.2) is 53.7 Å². The summed E-state index contributed by atoms with van der Waals surface area (Å²) >= 11 is 0. The van der Waals surface area contributed by atoms with Crippen molar-refractivity contribution in [1.82, 2.24) is 9.80 Å². The van der Waals surface area contributed by atoms with Crippen molar-refractivity contribution in [2.75, 3.05) is 13.3 Å². The predicted octanol–water partition coefficient (Wildman–Crippen LogP) is 3.41. The lowest BCUT2D eigenvalue weighted by Crippen LogP contribution is -2.55. The van der Waals surface area contributed by atoms with Gasteiger partial charge >= 0.3 is 0 Å². The lowest BCUT2D eigenvalue weighted by atomic mass is 10.0.